The van der Waals surface area contributed by atoms with Crippen molar-refractivity contribution in [1.29, 1.82) is 0 Å². The Morgan fingerprint density at radius 3 is 2.80 bits per heavy atom. The lowest BCUT2D eigenvalue weighted by Gasteiger charge is -2.24. The number of benzene rings is 1. The third kappa shape index (κ3) is 2.69. The fraction of sp³-hybridized carbons (Fsp3) is 0.533. The zero-order valence-corrected chi connectivity index (χ0v) is 12.1. The molecule has 1 aromatic carbocycles. The number of carbonyl (C=O) groups is 1. The van der Waals surface area contributed by atoms with Crippen molar-refractivity contribution in [3.63, 3.8) is 0 Å². The van der Waals surface area contributed by atoms with Crippen LogP contribution in [0, 0.1) is 12.7 Å². The number of rotatable bonds is 3. The van der Waals surface area contributed by atoms with E-state index < -0.39 is 0 Å². The zero-order valence-electron chi connectivity index (χ0n) is 12.1. The van der Waals surface area contributed by atoms with Gasteiger partial charge in [0.05, 0.1) is 12.6 Å². The summed E-state index contributed by atoms with van der Waals surface area (Å²) in [5.74, 6) is -0.579. The smallest absolute Gasteiger partial charge is 0.254 e. The lowest BCUT2D eigenvalue weighted by Crippen LogP contribution is -2.39. The molecule has 1 heterocycles. The van der Waals surface area contributed by atoms with Gasteiger partial charge in [-0.15, -0.1) is 0 Å². The van der Waals surface area contributed by atoms with Crippen molar-refractivity contribution in [2.24, 2.45) is 0 Å². The van der Waals surface area contributed by atoms with E-state index in [0.29, 0.717) is 17.7 Å². The average Bonchev–Trinajstić information content (AvgIpc) is 2.85. The predicted molar refractivity (Wildman–Crippen MR) is 75.1 cm³/mol. The van der Waals surface area contributed by atoms with Crippen molar-refractivity contribution >= 4 is 5.91 Å². The number of aliphatic hydroxyl groups is 1. The van der Waals surface area contributed by atoms with E-state index in [1.807, 2.05) is 19.0 Å². The van der Waals surface area contributed by atoms with Crippen LogP contribution in [0.4, 0.5) is 4.39 Å². The zero-order chi connectivity index (χ0) is 14.9. The molecule has 0 aromatic heterocycles. The minimum Gasteiger partial charge on any atom is -0.394 e. The van der Waals surface area contributed by atoms with Gasteiger partial charge in [0.2, 0.25) is 0 Å². The number of aliphatic hydroxyl groups excluding tert-OH is 1. The molecule has 5 heteroatoms. The molecule has 1 aliphatic rings. The molecular formula is C15H21FN2O2. The van der Waals surface area contributed by atoms with Crippen LogP contribution in [0.15, 0.2) is 18.2 Å². The molecule has 1 fully saturated rings. The van der Waals surface area contributed by atoms with E-state index >= 15 is 0 Å². The highest BCUT2D eigenvalue weighted by Gasteiger charge is 2.36. The third-order valence-corrected chi connectivity index (χ3v) is 4.09. The minimum absolute atomic E-state index is 0.0650. The van der Waals surface area contributed by atoms with Gasteiger partial charge < -0.3 is 14.9 Å². The summed E-state index contributed by atoms with van der Waals surface area (Å²) in [5, 5.41) is 9.47. The number of carbonyl (C=O) groups excluding carboxylic acids is 1. The molecule has 20 heavy (non-hydrogen) atoms. The van der Waals surface area contributed by atoms with Crippen LogP contribution >= 0.6 is 0 Å². The molecule has 2 rings (SSSR count). The van der Waals surface area contributed by atoms with Crippen molar-refractivity contribution in [3.8, 4) is 0 Å². The molecule has 1 aromatic rings. The number of hydrogen-bond acceptors (Lipinski definition) is 3. The van der Waals surface area contributed by atoms with Crippen LogP contribution in [0.3, 0.4) is 0 Å². The van der Waals surface area contributed by atoms with Crippen molar-refractivity contribution in [2.45, 2.75) is 25.4 Å². The summed E-state index contributed by atoms with van der Waals surface area (Å²) in [6.07, 6.45) is 0.740. The van der Waals surface area contributed by atoms with Gasteiger partial charge in [0, 0.05) is 18.2 Å². The molecule has 0 spiro atoms. The second-order valence-electron chi connectivity index (χ2n) is 5.56. The fourth-order valence-corrected chi connectivity index (χ4v) is 2.68. The molecule has 2 unspecified atom stereocenters. The maximum Gasteiger partial charge on any atom is 0.254 e. The summed E-state index contributed by atoms with van der Waals surface area (Å²) < 4.78 is 13.6. The van der Waals surface area contributed by atoms with Crippen LogP contribution in [0.5, 0.6) is 0 Å². The molecule has 1 amide bonds. The van der Waals surface area contributed by atoms with Gasteiger partial charge in [-0.1, -0.05) is 6.07 Å². The SMILES string of the molecule is Cc1c(F)cccc1C(=O)N1CC(N(C)C)CC1CO. The number of nitrogens with zero attached hydrogens (tertiary/aromatic N) is 2. The van der Waals surface area contributed by atoms with E-state index in [0.717, 1.165) is 6.42 Å². The third-order valence-electron chi connectivity index (χ3n) is 4.09. The van der Waals surface area contributed by atoms with E-state index in [9.17, 15) is 14.3 Å². The first-order chi connectivity index (χ1) is 9.45. The molecule has 2 atom stereocenters. The summed E-state index contributed by atoms with van der Waals surface area (Å²) in [7, 11) is 3.92. The van der Waals surface area contributed by atoms with E-state index in [4.69, 9.17) is 0 Å². The largest absolute Gasteiger partial charge is 0.394 e. The van der Waals surface area contributed by atoms with E-state index in [1.54, 1.807) is 24.0 Å². The van der Waals surface area contributed by atoms with Gasteiger partial charge in [0.15, 0.2) is 0 Å². The molecule has 1 N–H and O–H groups in total. The molecule has 0 saturated carbocycles. The molecule has 0 aliphatic carbocycles. The van der Waals surface area contributed by atoms with Crippen LogP contribution in [-0.4, -0.2) is 60.1 Å². The van der Waals surface area contributed by atoms with Crippen LogP contribution < -0.4 is 0 Å². The summed E-state index contributed by atoms with van der Waals surface area (Å²) in [4.78, 5) is 16.3. The van der Waals surface area contributed by atoms with E-state index in [1.165, 1.54) is 6.07 Å². The lowest BCUT2D eigenvalue weighted by molar-refractivity contribution is 0.0672. The topological polar surface area (TPSA) is 43.8 Å². The van der Waals surface area contributed by atoms with Gasteiger partial charge >= 0.3 is 0 Å². The number of amides is 1. The quantitative estimate of drug-likeness (QED) is 0.907. The maximum absolute atomic E-state index is 13.6. The van der Waals surface area contributed by atoms with Crippen LogP contribution in [0.1, 0.15) is 22.3 Å². The Morgan fingerprint density at radius 2 is 2.20 bits per heavy atom. The second-order valence-corrected chi connectivity index (χ2v) is 5.56. The lowest BCUT2D eigenvalue weighted by atomic mass is 10.1. The molecular weight excluding hydrogens is 259 g/mol. The average molecular weight is 280 g/mol. The van der Waals surface area contributed by atoms with Crippen molar-refractivity contribution in [3.05, 3.63) is 35.1 Å². The highest BCUT2D eigenvalue weighted by atomic mass is 19.1. The number of likely N-dealkylation sites (tertiary alicyclic amines) is 1. The minimum atomic E-state index is -0.375. The highest BCUT2D eigenvalue weighted by Crippen LogP contribution is 2.24. The Bertz CT molecular complexity index is 505. The molecule has 1 aliphatic heterocycles. The van der Waals surface area contributed by atoms with E-state index in [2.05, 4.69) is 0 Å². The van der Waals surface area contributed by atoms with Crippen LogP contribution in [0.2, 0.25) is 0 Å². The summed E-state index contributed by atoms with van der Waals surface area (Å²) in [6.45, 7) is 2.10. The Labute approximate surface area is 118 Å². The standard InChI is InChI=1S/C15H21FN2O2/c1-10-13(5-4-6-14(10)16)15(20)18-8-11(17(2)3)7-12(18)9-19/h4-6,11-12,19H,7-9H2,1-3H3. The molecule has 1 saturated heterocycles. The fourth-order valence-electron chi connectivity index (χ4n) is 2.68. The first kappa shape index (κ1) is 14.9. The Morgan fingerprint density at radius 1 is 1.50 bits per heavy atom. The molecule has 110 valence electrons. The molecule has 4 nitrogen and oxygen atoms in total. The van der Waals surface area contributed by atoms with Crippen molar-refractivity contribution in [1.82, 2.24) is 9.80 Å². The van der Waals surface area contributed by atoms with Gasteiger partial charge in [-0.25, -0.2) is 4.39 Å². The molecule has 0 radical (unpaired) electrons. The van der Waals surface area contributed by atoms with E-state index in [-0.39, 0.29) is 30.4 Å². The number of hydrogen-bond donors (Lipinski definition) is 1. The van der Waals surface area contributed by atoms with Crippen molar-refractivity contribution in [2.75, 3.05) is 27.2 Å². The predicted octanol–water partition coefficient (Wildman–Crippen LogP) is 1.27. The number of halogens is 1. The Hall–Kier alpha value is -1.46. The first-order valence-electron chi connectivity index (χ1n) is 6.79. The normalized spacial score (nSPS) is 22.6. The summed E-state index contributed by atoms with van der Waals surface area (Å²) in [6, 6.07) is 4.56. The van der Waals surface area contributed by atoms with Crippen LogP contribution in [-0.2, 0) is 0 Å². The van der Waals surface area contributed by atoms with Crippen LogP contribution in [0.25, 0.3) is 0 Å². The Balaban J connectivity index is 2.26. The summed E-state index contributed by atoms with van der Waals surface area (Å²) >= 11 is 0. The summed E-state index contributed by atoms with van der Waals surface area (Å²) in [5.41, 5.74) is 0.741. The van der Waals surface area contributed by atoms with Gasteiger partial charge in [-0.3, -0.25) is 4.79 Å². The second kappa shape index (κ2) is 5.89. The van der Waals surface area contributed by atoms with Gasteiger partial charge in [-0.2, -0.15) is 0 Å². The molecule has 0 bridgehead atoms. The highest BCUT2D eigenvalue weighted by molar-refractivity contribution is 5.96. The van der Waals surface area contributed by atoms with Gasteiger partial charge in [-0.05, 0) is 45.1 Å². The van der Waals surface area contributed by atoms with Crippen molar-refractivity contribution < 1.29 is 14.3 Å². The number of likely N-dealkylation sites (N-methyl/N-ethyl adjacent to an activating group) is 1. The Kier molecular flexibility index (Phi) is 4.40. The monoisotopic (exact) mass is 280 g/mol. The van der Waals surface area contributed by atoms with Gasteiger partial charge in [0.1, 0.15) is 5.82 Å². The van der Waals surface area contributed by atoms with Gasteiger partial charge in [0.25, 0.3) is 5.91 Å². The maximum atomic E-state index is 13.6. The first-order valence-corrected chi connectivity index (χ1v) is 6.79.